The lowest BCUT2D eigenvalue weighted by Gasteiger charge is -2.32. The smallest absolute Gasteiger partial charge is 0.261 e. The molecule has 35 heavy (non-hydrogen) atoms. The molecule has 7 nitrogen and oxygen atoms in total. The summed E-state index contributed by atoms with van der Waals surface area (Å²) in [6.45, 7) is 1.39. The van der Waals surface area contributed by atoms with Crippen molar-refractivity contribution in [1.82, 2.24) is 4.90 Å². The number of ether oxygens (including phenoxy) is 2. The molecule has 1 heterocycles. The summed E-state index contributed by atoms with van der Waals surface area (Å²) in [5.74, 6) is 1.53. The third-order valence-electron chi connectivity index (χ3n) is 6.15. The van der Waals surface area contributed by atoms with Crippen LogP contribution in [-0.4, -0.2) is 46.0 Å². The highest BCUT2D eigenvalue weighted by atomic mass is 32.2. The van der Waals surface area contributed by atoms with Crippen LogP contribution >= 0.6 is 0 Å². The van der Waals surface area contributed by atoms with Crippen LogP contribution < -0.4 is 14.2 Å². The quantitative estimate of drug-likeness (QED) is 0.478. The molecule has 184 valence electrons. The fourth-order valence-electron chi connectivity index (χ4n) is 4.19. The minimum atomic E-state index is -3.77. The normalized spacial score (nSPS) is 14.4. The van der Waals surface area contributed by atoms with Gasteiger partial charge in [-0.2, -0.15) is 0 Å². The summed E-state index contributed by atoms with van der Waals surface area (Å²) < 4.78 is 38.6. The Hall–Kier alpha value is -3.52. The van der Waals surface area contributed by atoms with Crippen LogP contribution in [-0.2, 0) is 21.2 Å². The van der Waals surface area contributed by atoms with Crippen molar-refractivity contribution in [1.29, 1.82) is 0 Å². The molecule has 3 aromatic carbocycles. The maximum Gasteiger partial charge on any atom is 0.261 e. The first-order valence-electron chi connectivity index (χ1n) is 11.6. The number of anilines is 1. The molecule has 3 aromatic rings. The van der Waals surface area contributed by atoms with Gasteiger partial charge in [-0.15, -0.1) is 0 Å². The van der Waals surface area contributed by atoms with Crippen molar-refractivity contribution in [3.05, 3.63) is 84.4 Å². The molecule has 0 bridgehead atoms. The van der Waals surface area contributed by atoms with Crippen LogP contribution in [0.1, 0.15) is 18.4 Å². The molecule has 0 atom stereocenters. The fraction of sp³-hybridized carbons (Fsp3) is 0.296. The zero-order chi connectivity index (χ0) is 24.7. The summed E-state index contributed by atoms with van der Waals surface area (Å²) in [5, 5.41) is 0. The number of nitrogens with one attached hydrogen (secondary N) is 1. The number of methoxy groups -OCH3 is 1. The number of likely N-dealkylation sites (tertiary alicyclic amines) is 1. The van der Waals surface area contributed by atoms with Gasteiger partial charge in [0.1, 0.15) is 11.5 Å². The molecule has 1 amide bonds. The van der Waals surface area contributed by atoms with Crippen molar-refractivity contribution < 1.29 is 22.7 Å². The van der Waals surface area contributed by atoms with Gasteiger partial charge in [-0.3, -0.25) is 9.52 Å². The molecular formula is C27H30N2O5S. The molecule has 1 N–H and O–H groups in total. The Morgan fingerprint density at radius 2 is 1.66 bits per heavy atom. The molecule has 1 aliphatic heterocycles. The first kappa shape index (κ1) is 24.6. The van der Waals surface area contributed by atoms with E-state index in [1.165, 1.54) is 24.8 Å². The SMILES string of the molecule is COc1cccc(NS(=O)(=O)c2ccc(OCC(=O)N3CCC(Cc4ccccc4)CC3)cc2)c1. The standard InChI is InChI=1S/C27H30N2O5S/c1-33-25-9-5-8-23(19-25)28-35(31,32)26-12-10-24(11-13-26)34-20-27(30)29-16-14-22(15-17-29)18-21-6-3-2-4-7-21/h2-13,19,22,28H,14-18,20H2,1H3. The van der Waals surface area contributed by atoms with E-state index >= 15 is 0 Å². The van der Waals surface area contributed by atoms with E-state index in [-0.39, 0.29) is 17.4 Å². The van der Waals surface area contributed by atoms with E-state index in [9.17, 15) is 13.2 Å². The molecule has 0 aliphatic carbocycles. The molecule has 0 saturated carbocycles. The molecule has 1 fully saturated rings. The second-order valence-corrected chi connectivity index (χ2v) is 10.3. The van der Waals surface area contributed by atoms with Crippen molar-refractivity contribution in [2.75, 3.05) is 31.5 Å². The molecular weight excluding hydrogens is 464 g/mol. The maximum atomic E-state index is 12.7. The third kappa shape index (κ3) is 6.76. The molecule has 0 unspecified atom stereocenters. The summed E-state index contributed by atoms with van der Waals surface area (Å²) in [7, 11) is -2.25. The summed E-state index contributed by atoms with van der Waals surface area (Å²) >= 11 is 0. The highest BCUT2D eigenvalue weighted by Crippen LogP contribution is 2.24. The number of hydrogen-bond acceptors (Lipinski definition) is 5. The first-order chi connectivity index (χ1) is 16.9. The summed E-state index contributed by atoms with van der Waals surface area (Å²) in [4.78, 5) is 14.5. The lowest BCUT2D eigenvalue weighted by atomic mass is 9.90. The number of hydrogen-bond donors (Lipinski definition) is 1. The minimum Gasteiger partial charge on any atom is -0.497 e. The Labute approximate surface area is 206 Å². The van der Waals surface area contributed by atoms with Crippen LogP contribution in [0.3, 0.4) is 0 Å². The Balaban J connectivity index is 1.25. The summed E-state index contributed by atoms with van der Waals surface area (Å²) in [6.07, 6.45) is 3.00. The Bertz CT molecular complexity index is 1220. The number of carbonyl (C=O) groups excluding carboxylic acids is 1. The number of piperidine rings is 1. The van der Waals surface area contributed by atoms with Gasteiger partial charge >= 0.3 is 0 Å². The van der Waals surface area contributed by atoms with E-state index in [1.54, 1.807) is 36.4 Å². The van der Waals surface area contributed by atoms with Crippen LogP contribution in [0.2, 0.25) is 0 Å². The molecule has 1 saturated heterocycles. The van der Waals surface area contributed by atoms with Crippen molar-refractivity contribution in [3.63, 3.8) is 0 Å². The molecule has 0 aromatic heterocycles. The Morgan fingerprint density at radius 1 is 0.943 bits per heavy atom. The van der Waals surface area contributed by atoms with Gasteiger partial charge in [0.05, 0.1) is 17.7 Å². The Kier molecular flexibility index (Phi) is 7.92. The van der Waals surface area contributed by atoms with Gasteiger partial charge in [0.2, 0.25) is 0 Å². The van der Waals surface area contributed by atoms with Crippen molar-refractivity contribution in [3.8, 4) is 11.5 Å². The molecule has 0 spiro atoms. The number of nitrogens with zero attached hydrogens (tertiary/aromatic N) is 1. The number of carbonyl (C=O) groups is 1. The molecule has 8 heteroatoms. The van der Waals surface area contributed by atoms with E-state index in [4.69, 9.17) is 9.47 Å². The van der Waals surface area contributed by atoms with E-state index in [0.717, 1.165) is 32.4 Å². The average Bonchev–Trinajstić information content (AvgIpc) is 2.88. The predicted molar refractivity (Wildman–Crippen MR) is 135 cm³/mol. The second kappa shape index (κ2) is 11.3. The molecule has 1 aliphatic rings. The second-order valence-electron chi connectivity index (χ2n) is 8.61. The number of rotatable bonds is 9. The zero-order valence-corrected chi connectivity index (χ0v) is 20.5. The van der Waals surface area contributed by atoms with E-state index in [1.807, 2.05) is 11.0 Å². The van der Waals surface area contributed by atoms with Gasteiger partial charge in [-0.1, -0.05) is 36.4 Å². The number of benzene rings is 3. The minimum absolute atomic E-state index is 0.0560. The van der Waals surface area contributed by atoms with Crippen LogP contribution in [0, 0.1) is 5.92 Å². The summed E-state index contributed by atoms with van der Waals surface area (Å²) in [6, 6.07) is 23.2. The lowest BCUT2D eigenvalue weighted by Crippen LogP contribution is -2.41. The topological polar surface area (TPSA) is 84.9 Å². The number of sulfonamides is 1. The van der Waals surface area contributed by atoms with Gasteiger partial charge in [-0.25, -0.2) is 8.42 Å². The zero-order valence-electron chi connectivity index (χ0n) is 19.7. The number of amides is 1. The van der Waals surface area contributed by atoms with Crippen LogP contribution in [0.15, 0.2) is 83.8 Å². The molecule has 4 rings (SSSR count). The van der Waals surface area contributed by atoms with E-state index in [2.05, 4.69) is 29.0 Å². The monoisotopic (exact) mass is 494 g/mol. The van der Waals surface area contributed by atoms with E-state index in [0.29, 0.717) is 23.1 Å². The Morgan fingerprint density at radius 3 is 2.34 bits per heavy atom. The fourth-order valence-corrected chi connectivity index (χ4v) is 5.24. The van der Waals surface area contributed by atoms with Crippen LogP contribution in [0.4, 0.5) is 5.69 Å². The van der Waals surface area contributed by atoms with Crippen molar-refractivity contribution >= 4 is 21.6 Å². The van der Waals surface area contributed by atoms with Crippen molar-refractivity contribution in [2.24, 2.45) is 5.92 Å². The molecule has 0 radical (unpaired) electrons. The van der Waals surface area contributed by atoms with Gasteiger partial charge in [0.15, 0.2) is 6.61 Å². The van der Waals surface area contributed by atoms with E-state index < -0.39 is 10.0 Å². The lowest BCUT2D eigenvalue weighted by molar-refractivity contribution is -0.134. The van der Waals surface area contributed by atoms with Gasteiger partial charge in [-0.05, 0) is 67.1 Å². The van der Waals surface area contributed by atoms with Crippen molar-refractivity contribution in [2.45, 2.75) is 24.2 Å². The van der Waals surface area contributed by atoms with Gasteiger partial charge in [0.25, 0.3) is 15.9 Å². The maximum absolute atomic E-state index is 12.7. The van der Waals surface area contributed by atoms with Gasteiger partial charge < -0.3 is 14.4 Å². The summed E-state index contributed by atoms with van der Waals surface area (Å²) in [5.41, 5.74) is 1.74. The third-order valence-corrected chi connectivity index (χ3v) is 7.55. The largest absolute Gasteiger partial charge is 0.497 e. The highest BCUT2D eigenvalue weighted by molar-refractivity contribution is 7.92. The first-order valence-corrected chi connectivity index (χ1v) is 13.1. The van der Waals surface area contributed by atoms with Gasteiger partial charge in [0, 0.05) is 19.2 Å². The highest BCUT2D eigenvalue weighted by Gasteiger charge is 2.23. The predicted octanol–water partition coefficient (Wildman–Crippen LogP) is 4.36. The average molecular weight is 495 g/mol. The van der Waals surface area contributed by atoms with Crippen LogP contribution in [0.5, 0.6) is 11.5 Å². The van der Waals surface area contributed by atoms with Crippen LogP contribution in [0.25, 0.3) is 0 Å².